The Hall–Kier alpha value is -2.34. The summed E-state index contributed by atoms with van der Waals surface area (Å²) in [5.41, 5.74) is 1.66. The summed E-state index contributed by atoms with van der Waals surface area (Å²) in [5, 5.41) is 3.08. The molecule has 7 heteroatoms. The number of hydrogen-bond donors (Lipinski definition) is 1. The van der Waals surface area contributed by atoms with Crippen LogP contribution in [0.1, 0.15) is 24.4 Å². The number of carbonyl (C=O) groups excluding carboxylic acids is 1. The van der Waals surface area contributed by atoms with Crippen molar-refractivity contribution in [1.29, 1.82) is 0 Å². The van der Waals surface area contributed by atoms with E-state index in [0.717, 1.165) is 24.2 Å². The number of piperidine rings is 1. The Balaban J connectivity index is 1.82. The third-order valence-electron chi connectivity index (χ3n) is 4.84. The number of alkyl halides is 2. The molecule has 0 spiro atoms. The lowest BCUT2D eigenvalue weighted by Gasteiger charge is -2.42. The number of carbonyl (C=O) groups is 1. The van der Waals surface area contributed by atoms with Crippen molar-refractivity contribution in [1.82, 2.24) is 5.32 Å². The molecule has 2 aliphatic heterocycles. The molecule has 2 aromatic carbocycles. The van der Waals surface area contributed by atoms with Crippen LogP contribution in [0.5, 0.6) is 11.5 Å². The lowest BCUT2D eigenvalue weighted by molar-refractivity contribution is -0.132. The molecule has 26 heavy (non-hydrogen) atoms. The smallest absolute Gasteiger partial charge is 0.315 e. The molecule has 0 aromatic heterocycles. The minimum Gasteiger partial charge on any atom is -0.455 e. The van der Waals surface area contributed by atoms with E-state index < -0.39 is 18.4 Å². The number of para-hydroxylation sites is 1. The zero-order chi connectivity index (χ0) is 18.3. The number of anilines is 1. The van der Waals surface area contributed by atoms with Crippen LogP contribution in [0.15, 0.2) is 42.5 Å². The number of hydrogen-bond acceptors (Lipinski definition) is 3. The molecular formula is C19H17ClF2N2O2. The van der Waals surface area contributed by atoms with Gasteiger partial charge in [-0.25, -0.2) is 0 Å². The van der Waals surface area contributed by atoms with Gasteiger partial charge in [0.1, 0.15) is 5.75 Å². The average Bonchev–Trinajstić information content (AvgIpc) is 2.77. The van der Waals surface area contributed by atoms with Gasteiger partial charge in [0.25, 0.3) is 5.91 Å². The van der Waals surface area contributed by atoms with Gasteiger partial charge in [-0.15, -0.1) is 0 Å². The molecule has 136 valence electrons. The normalized spacial score (nSPS) is 21.2. The molecule has 4 nitrogen and oxygen atoms in total. The molecule has 0 radical (unpaired) electrons. The van der Waals surface area contributed by atoms with Gasteiger partial charge in [0.2, 0.25) is 0 Å². The van der Waals surface area contributed by atoms with E-state index in [1.54, 1.807) is 12.1 Å². The molecule has 2 atom stereocenters. The minimum absolute atomic E-state index is 0.303. The number of benzene rings is 2. The highest BCUT2D eigenvalue weighted by atomic mass is 35.5. The maximum absolute atomic E-state index is 12.8. The fourth-order valence-corrected chi connectivity index (χ4v) is 3.95. The molecule has 1 fully saturated rings. The summed E-state index contributed by atoms with van der Waals surface area (Å²) in [5.74, 6) is 0.0674. The Morgan fingerprint density at radius 2 is 2.04 bits per heavy atom. The number of halogens is 3. The lowest BCUT2D eigenvalue weighted by atomic mass is 9.89. The summed E-state index contributed by atoms with van der Waals surface area (Å²) in [6.45, 7) is 0.719. The van der Waals surface area contributed by atoms with E-state index in [9.17, 15) is 13.6 Å². The molecule has 4 rings (SSSR count). The second-order valence-corrected chi connectivity index (χ2v) is 6.88. The first kappa shape index (κ1) is 17.1. The molecule has 2 aromatic rings. The standard InChI is InChI=1S/C19H17ClF2N2O2/c20-11-7-8-16-14(10-11)24-9-3-5-13(23-19(25)18(21)22)17(24)12-4-1-2-6-15(12)26-16/h1-2,4,6-8,10,13,17-18H,3,5,9H2,(H,23,25)/t13-,17+/m0/s1. The van der Waals surface area contributed by atoms with Crippen LogP contribution >= 0.6 is 11.6 Å². The van der Waals surface area contributed by atoms with Gasteiger partial charge in [-0.1, -0.05) is 29.8 Å². The van der Waals surface area contributed by atoms with Gasteiger partial charge in [-0.3, -0.25) is 4.79 Å². The third-order valence-corrected chi connectivity index (χ3v) is 5.08. The Morgan fingerprint density at radius 3 is 2.85 bits per heavy atom. The number of rotatable bonds is 2. The Morgan fingerprint density at radius 1 is 1.23 bits per heavy atom. The van der Waals surface area contributed by atoms with Gasteiger partial charge >= 0.3 is 6.43 Å². The van der Waals surface area contributed by atoms with Gasteiger partial charge in [0.15, 0.2) is 5.75 Å². The fourth-order valence-electron chi connectivity index (χ4n) is 3.79. The second kappa shape index (κ2) is 6.76. The second-order valence-electron chi connectivity index (χ2n) is 6.45. The van der Waals surface area contributed by atoms with Crippen LogP contribution < -0.4 is 15.0 Å². The molecule has 0 saturated carbocycles. The van der Waals surface area contributed by atoms with E-state index in [1.807, 2.05) is 30.3 Å². The van der Waals surface area contributed by atoms with Gasteiger partial charge in [-0.2, -0.15) is 8.78 Å². The molecule has 2 aliphatic rings. The molecule has 1 saturated heterocycles. The summed E-state index contributed by atoms with van der Waals surface area (Å²) in [6, 6.07) is 12.1. The largest absolute Gasteiger partial charge is 0.455 e. The molecule has 2 heterocycles. The lowest BCUT2D eigenvalue weighted by Crippen LogP contribution is -2.51. The first-order valence-corrected chi connectivity index (χ1v) is 8.84. The topological polar surface area (TPSA) is 41.6 Å². The Kier molecular flexibility index (Phi) is 4.44. The number of nitrogens with zero attached hydrogens (tertiary/aromatic N) is 1. The predicted octanol–water partition coefficient (Wildman–Crippen LogP) is 4.54. The fraction of sp³-hybridized carbons (Fsp3) is 0.316. The van der Waals surface area contributed by atoms with E-state index in [4.69, 9.17) is 16.3 Å². The average molecular weight is 379 g/mol. The highest BCUT2D eigenvalue weighted by Gasteiger charge is 2.39. The molecule has 1 N–H and O–H groups in total. The van der Waals surface area contributed by atoms with Crippen molar-refractivity contribution >= 4 is 23.2 Å². The number of ether oxygens (including phenoxy) is 1. The molecule has 0 unspecified atom stereocenters. The van der Waals surface area contributed by atoms with Crippen LogP contribution in [-0.4, -0.2) is 24.9 Å². The van der Waals surface area contributed by atoms with Crippen molar-refractivity contribution in [3.8, 4) is 11.5 Å². The zero-order valence-corrected chi connectivity index (χ0v) is 14.5. The quantitative estimate of drug-likeness (QED) is 0.834. The van der Waals surface area contributed by atoms with Gasteiger partial charge < -0.3 is 15.0 Å². The molecule has 1 amide bonds. The van der Waals surface area contributed by atoms with Crippen molar-refractivity contribution in [2.75, 3.05) is 11.4 Å². The van der Waals surface area contributed by atoms with Crippen molar-refractivity contribution in [3.05, 3.63) is 53.1 Å². The molecule has 0 aliphatic carbocycles. The zero-order valence-electron chi connectivity index (χ0n) is 13.8. The SMILES string of the molecule is O=C(N[C@H]1CCCN2c3cc(Cl)ccc3Oc3ccccc3[C@H]12)C(F)F. The summed E-state index contributed by atoms with van der Waals surface area (Å²) in [6.07, 6.45) is -1.66. The van der Waals surface area contributed by atoms with Gasteiger partial charge in [0.05, 0.1) is 17.8 Å². The van der Waals surface area contributed by atoms with Crippen LogP contribution in [0.2, 0.25) is 5.02 Å². The van der Waals surface area contributed by atoms with E-state index in [0.29, 0.717) is 22.9 Å². The van der Waals surface area contributed by atoms with Crippen molar-refractivity contribution in [2.45, 2.75) is 31.4 Å². The molecule has 0 bridgehead atoms. The summed E-state index contributed by atoms with van der Waals surface area (Å²) >= 11 is 6.18. The maximum atomic E-state index is 12.8. The number of nitrogens with one attached hydrogen (secondary N) is 1. The van der Waals surface area contributed by atoms with Crippen molar-refractivity contribution in [2.24, 2.45) is 0 Å². The van der Waals surface area contributed by atoms with Gasteiger partial charge in [0, 0.05) is 17.1 Å². The van der Waals surface area contributed by atoms with Crippen LogP contribution in [0, 0.1) is 0 Å². The Bertz CT molecular complexity index is 846. The van der Waals surface area contributed by atoms with Crippen molar-refractivity contribution in [3.63, 3.8) is 0 Å². The highest BCUT2D eigenvalue weighted by Crippen LogP contribution is 2.48. The van der Waals surface area contributed by atoms with E-state index in [-0.39, 0.29) is 6.04 Å². The van der Waals surface area contributed by atoms with Gasteiger partial charge in [-0.05, 0) is 37.1 Å². The summed E-state index contributed by atoms with van der Waals surface area (Å²) in [4.78, 5) is 13.7. The highest BCUT2D eigenvalue weighted by molar-refractivity contribution is 6.31. The number of fused-ring (bicyclic) bond motifs is 5. The van der Waals surface area contributed by atoms with Crippen LogP contribution in [0.4, 0.5) is 14.5 Å². The van der Waals surface area contributed by atoms with Crippen LogP contribution in [0.25, 0.3) is 0 Å². The number of amides is 1. The Labute approximate surface area is 154 Å². The third kappa shape index (κ3) is 2.98. The first-order valence-electron chi connectivity index (χ1n) is 8.46. The van der Waals surface area contributed by atoms with Crippen LogP contribution in [-0.2, 0) is 4.79 Å². The minimum atomic E-state index is -3.04. The van der Waals surface area contributed by atoms with E-state index >= 15 is 0 Å². The van der Waals surface area contributed by atoms with E-state index in [2.05, 4.69) is 10.2 Å². The first-order chi connectivity index (χ1) is 12.5. The predicted molar refractivity (Wildman–Crippen MR) is 95.2 cm³/mol. The summed E-state index contributed by atoms with van der Waals surface area (Å²) in [7, 11) is 0. The monoisotopic (exact) mass is 378 g/mol. The molecular weight excluding hydrogens is 362 g/mol. The maximum Gasteiger partial charge on any atom is 0.315 e. The summed E-state index contributed by atoms with van der Waals surface area (Å²) < 4.78 is 31.7. The van der Waals surface area contributed by atoms with Crippen LogP contribution in [0.3, 0.4) is 0 Å². The van der Waals surface area contributed by atoms with E-state index in [1.165, 1.54) is 0 Å². The van der Waals surface area contributed by atoms with Crippen molar-refractivity contribution < 1.29 is 18.3 Å².